The van der Waals surface area contributed by atoms with Gasteiger partial charge >= 0.3 is 0 Å². The van der Waals surface area contributed by atoms with E-state index in [0.29, 0.717) is 12.2 Å². The van der Waals surface area contributed by atoms with Crippen molar-refractivity contribution in [1.82, 2.24) is 15.1 Å². The summed E-state index contributed by atoms with van der Waals surface area (Å²) >= 11 is 0. The maximum absolute atomic E-state index is 12.5. The van der Waals surface area contributed by atoms with E-state index in [9.17, 15) is 9.59 Å². The Kier molecular flexibility index (Phi) is 5.75. The first-order chi connectivity index (χ1) is 11.1. The molecule has 3 rings (SSSR count). The number of nitrogens with zero attached hydrogens (tertiary/aromatic N) is 2. The van der Waals surface area contributed by atoms with Crippen molar-refractivity contribution in [3.8, 4) is 5.69 Å². The Morgan fingerprint density at radius 2 is 1.83 bits per heavy atom. The van der Waals surface area contributed by atoms with Crippen LogP contribution >= 0.6 is 12.4 Å². The Morgan fingerprint density at radius 1 is 1.17 bits per heavy atom. The van der Waals surface area contributed by atoms with Gasteiger partial charge < -0.3 is 11.1 Å². The Hall–Kier alpha value is -2.18. The van der Waals surface area contributed by atoms with Crippen molar-refractivity contribution in [3.05, 3.63) is 58.5 Å². The van der Waals surface area contributed by atoms with Crippen LogP contribution in [0.15, 0.2) is 47.3 Å². The van der Waals surface area contributed by atoms with Crippen molar-refractivity contribution >= 4 is 18.3 Å². The summed E-state index contributed by atoms with van der Waals surface area (Å²) in [4.78, 5) is 24.5. The monoisotopic (exact) mass is 348 g/mol. The predicted octanol–water partition coefficient (Wildman–Crippen LogP) is 1.66. The summed E-state index contributed by atoms with van der Waals surface area (Å²) in [5.41, 5.74) is 6.08. The van der Waals surface area contributed by atoms with Gasteiger partial charge in [0.15, 0.2) is 0 Å². The minimum atomic E-state index is -0.341. The average Bonchev–Trinajstić information content (AvgIpc) is 3.05. The maximum atomic E-state index is 12.5. The first-order valence-electron chi connectivity index (χ1n) is 7.82. The lowest BCUT2D eigenvalue weighted by molar-refractivity contribution is 0.0896. The molecule has 1 aliphatic carbocycles. The van der Waals surface area contributed by atoms with Gasteiger partial charge in [0.1, 0.15) is 5.69 Å². The smallest absolute Gasteiger partial charge is 0.272 e. The molecule has 0 unspecified atom stereocenters. The van der Waals surface area contributed by atoms with E-state index >= 15 is 0 Å². The molecule has 1 amide bonds. The molecule has 24 heavy (non-hydrogen) atoms. The predicted molar refractivity (Wildman–Crippen MR) is 94.8 cm³/mol. The topological polar surface area (TPSA) is 90.0 Å². The van der Waals surface area contributed by atoms with E-state index in [2.05, 4.69) is 10.4 Å². The number of amides is 1. The molecule has 1 heterocycles. The van der Waals surface area contributed by atoms with Crippen LogP contribution < -0.4 is 16.6 Å². The van der Waals surface area contributed by atoms with Crippen LogP contribution in [-0.4, -0.2) is 27.8 Å². The molecule has 0 bridgehead atoms. The molecule has 3 N–H and O–H groups in total. The first-order valence-corrected chi connectivity index (χ1v) is 7.82. The number of halogens is 1. The molecular weight excluding hydrogens is 328 g/mol. The van der Waals surface area contributed by atoms with E-state index in [1.165, 1.54) is 16.8 Å². The highest BCUT2D eigenvalue weighted by Crippen LogP contribution is 2.28. The molecule has 1 saturated carbocycles. The highest BCUT2D eigenvalue weighted by atomic mass is 35.5. The maximum Gasteiger partial charge on any atom is 0.272 e. The van der Waals surface area contributed by atoms with Crippen LogP contribution in [0, 0.1) is 0 Å². The number of carbonyl (C=O) groups excluding carboxylic acids is 1. The molecule has 1 aliphatic rings. The molecule has 128 valence electrons. The average molecular weight is 349 g/mol. The quantitative estimate of drug-likeness (QED) is 0.879. The third-order valence-electron chi connectivity index (χ3n) is 4.36. The molecule has 0 aliphatic heterocycles. The third kappa shape index (κ3) is 3.66. The van der Waals surface area contributed by atoms with Gasteiger partial charge in [0.25, 0.3) is 11.5 Å². The van der Waals surface area contributed by atoms with E-state index in [4.69, 9.17) is 5.73 Å². The van der Waals surface area contributed by atoms with Gasteiger partial charge in [-0.05, 0) is 31.0 Å². The molecule has 0 atom stereocenters. The zero-order valence-electron chi connectivity index (χ0n) is 13.3. The second-order valence-corrected chi connectivity index (χ2v) is 5.95. The Labute approximate surface area is 146 Å². The van der Waals surface area contributed by atoms with Gasteiger partial charge in [-0.3, -0.25) is 9.59 Å². The fourth-order valence-electron chi connectivity index (χ4n) is 3.02. The summed E-state index contributed by atoms with van der Waals surface area (Å²) in [6.07, 6.45) is 3.89. The fourth-order valence-corrected chi connectivity index (χ4v) is 3.02. The van der Waals surface area contributed by atoms with E-state index in [1.807, 2.05) is 18.2 Å². The molecule has 0 saturated heterocycles. The van der Waals surface area contributed by atoms with Crippen molar-refractivity contribution in [2.45, 2.75) is 31.2 Å². The number of hydrogen-bond acceptors (Lipinski definition) is 4. The normalized spacial score (nSPS) is 15.5. The van der Waals surface area contributed by atoms with Gasteiger partial charge in [0.2, 0.25) is 0 Å². The number of benzene rings is 1. The lowest BCUT2D eigenvalue weighted by atomic mass is 9.97. The van der Waals surface area contributed by atoms with Crippen molar-refractivity contribution in [2.24, 2.45) is 5.73 Å². The summed E-state index contributed by atoms with van der Waals surface area (Å²) in [5, 5.41) is 7.22. The number of aromatic nitrogens is 2. The van der Waals surface area contributed by atoms with Crippen molar-refractivity contribution < 1.29 is 4.79 Å². The van der Waals surface area contributed by atoms with Crippen LogP contribution in [0.5, 0.6) is 0 Å². The first kappa shape index (κ1) is 18.2. The molecule has 0 radical (unpaired) electrons. The zero-order chi connectivity index (χ0) is 16.3. The summed E-state index contributed by atoms with van der Waals surface area (Å²) in [6, 6.07) is 11.9. The molecule has 0 spiro atoms. The Balaban J connectivity index is 0.00000208. The third-order valence-corrected chi connectivity index (χ3v) is 4.36. The number of hydrogen-bond donors (Lipinski definition) is 2. The van der Waals surface area contributed by atoms with Gasteiger partial charge in [-0.1, -0.05) is 31.0 Å². The highest BCUT2D eigenvalue weighted by Gasteiger charge is 2.34. The lowest BCUT2D eigenvalue weighted by Crippen LogP contribution is -2.52. The molecule has 1 fully saturated rings. The molecule has 1 aromatic heterocycles. The molecule has 2 aromatic rings. The highest BCUT2D eigenvalue weighted by molar-refractivity contribution is 5.92. The van der Waals surface area contributed by atoms with Crippen molar-refractivity contribution in [2.75, 3.05) is 6.54 Å². The van der Waals surface area contributed by atoms with Gasteiger partial charge in [0, 0.05) is 12.6 Å². The van der Waals surface area contributed by atoms with Crippen LogP contribution in [0.4, 0.5) is 0 Å². The van der Waals surface area contributed by atoms with E-state index in [1.54, 1.807) is 12.1 Å². The number of para-hydroxylation sites is 1. The largest absolute Gasteiger partial charge is 0.344 e. The molecule has 1 aromatic carbocycles. The lowest BCUT2D eigenvalue weighted by Gasteiger charge is -2.28. The van der Waals surface area contributed by atoms with Gasteiger partial charge in [0.05, 0.1) is 11.2 Å². The second-order valence-electron chi connectivity index (χ2n) is 5.95. The van der Waals surface area contributed by atoms with Crippen LogP contribution in [0.1, 0.15) is 36.2 Å². The van der Waals surface area contributed by atoms with Gasteiger partial charge in [-0.25, -0.2) is 0 Å². The minimum absolute atomic E-state index is 0. The number of rotatable bonds is 4. The fraction of sp³-hybridized carbons (Fsp3) is 0.353. The molecular formula is C17H21ClN4O2. The Morgan fingerprint density at radius 3 is 2.46 bits per heavy atom. The van der Waals surface area contributed by atoms with Crippen molar-refractivity contribution in [3.63, 3.8) is 0 Å². The summed E-state index contributed by atoms with van der Waals surface area (Å²) in [6.45, 7) is 0.414. The van der Waals surface area contributed by atoms with E-state index in [0.717, 1.165) is 25.7 Å². The van der Waals surface area contributed by atoms with Crippen LogP contribution in [-0.2, 0) is 0 Å². The van der Waals surface area contributed by atoms with E-state index in [-0.39, 0.29) is 35.1 Å². The molecule has 6 nitrogen and oxygen atoms in total. The van der Waals surface area contributed by atoms with Gasteiger partial charge in [-0.2, -0.15) is 9.78 Å². The summed E-state index contributed by atoms with van der Waals surface area (Å²) in [7, 11) is 0. The molecule has 7 heteroatoms. The van der Waals surface area contributed by atoms with Crippen LogP contribution in [0.2, 0.25) is 0 Å². The number of nitrogens with one attached hydrogen (secondary N) is 1. The van der Waals surface area contributed by atoms with Crippen LogP contribution in [0.25, 0.3) is 5.69 Å². The SMILES string of the molecule is Cl.NCC1(NC(=O)c2ccc(=O)n(-c3ccccc3)n2)CCCC1. The number of carbonyl (C=O) groups is 1. The van der Waals surface area contributed by atoms with Crippen LogP contribution in [0.3, 0.4) is 0 Å². The minimum Gasteiger partial charge on any atom is -0.344 e. The van der Waals surface area contributed by atoms with Crippen molar-refractivity contribution in [1.29, 1.82) is 0 Å². The zero-order valence-corrected chi connectivity index (χ0v) is 14.1. The van der Waals surface area contributed by atoms with Gasteiger partial charge in [-0.15, -0.1) is 12.4 Å². The Bertz CT molecular complexity index is 755. The van der Waals surface area contributed by atoms with E-state index < -0.39 is 0 Å². The standard InChI is InChI=1S/C17H20N4O2.ClH/c18-12-17(10-4-5-11-17)19-16(23)14-8-9-15(22)21(20-14)13-6-2-1-3-7-13;/h1-3,6-9H,4-5,10-12,18H2,(H,19,23);1H. The second kappa shape index (κ2) is 7.59. The summed E-state index contributed by atoms with van der Waals surface area (Å²) < 4.78 is 1.23. The number of nitrogens with two attached hydrogens (primary N) is 1. The summed E-state index contributed by atoms with van der Waals surface area (Å²) in [5.74, 6) is -0.290.